The summed E-state index contributed by atoms with van der Waals surface area (Å²) in [6.07, 6.45) is 0. The first-order valence-corrected chi connectivity index (χ1v) is 6.15. The van der Waals surface area contributed by atoms with E-state index in [0.29, 0.717) is 12.2 Å². The van der Waals surface area contributed by atoms with Crippen molar-refractivity contribution in [3.8, 4) is 0 Å². The summed E-state index contributed by atoms with van der Waals surface area (Å²) in [7, 11) is -1.83. The molecular weight excluding hydrogens is 212 g/mol. The molecule has 0 bridgehead atoms. The van der Waals surface area contributed by atoms with Crippen LogP contribution in [0.1, 0.15) is 12.5 Å². The normalized spacial score (nSPS) is 12.0. The first-order valence-electron chi connectivity index (χ1n) is 4.71. The summed E-state index contributed by atoms with van der Waals surface area (Å²) in [4.78, 5) is 0.254. The number of nitrogen functional groups attached to an aromatic ring is 1. The Morgan fingerprint density at radius 3 is 2.40 bits per heavy atom. The molecule has 0 unspecified atom stereocenters. The van der Waals surface area contributed by atoms with Crippen LogP contribution in [0.3, 0.4) is 0 Å². The van der Waals surface area contributed by atoms with Gasteiger partial charge >= 0.3 is 0 Å². The zero-order chi connectivity index (χ0) is 11.6. The van der Waals surface area contributed by atoms with Crippen LogP contribution in [0.2, 0.25) is 0 Å². The Kier molecular flexibility index (Phi) is 3.36. The number of rotatable bonds is 3. The van der Waals surface area contributed by atoms with Crippen LogP contribution in [0.5, 0.6) is 0 Å². The van der Waals surface area contributed by atoms with Gasteiger partial charge in [-0.15, -0.1) is 0 Å². The molecule has 0 saturated heterocycles. The number of benzene rings is 1. The maximum absolute atomic E-state index is 11.9. The molecule has 2 N–H and O–H groups in total. The smallest absolute Gasteiger partial charge is 0.242 e. The molecule has 1 aromatic rings. The third-order valence-electron chi connectivity index (χ3n) is 2.23. The highest BCUT2D eigenvalue weighted by atomic mass is 32.2. The Bertz CT molecular complexity index is 434. The van der Waals surface area contributed by atoms with Gasteiger partial charge in [-0.05, 0) is 30.7 Å². The van der Waals surface area contributed by atoms with Crippen molar-refractivity contribution in [2.24, 2.45) is 0 Å². The summed E-state index contributed by atoms with van der Waals surface area (Å²) in [5.74, 6) is 0. The molecule has 0 radical (unpaired) electrons. The number of nitrogens with two attached hydrogens (primary N) is 1. The van der Waals surface area contributed by atoms with Gasteiger partial charge in [0.05, 0.1) is 4.90 Å². The molecule has 84 valence electrons. The molecule has 0 aliphatic heterocycles. The average molecular weight is 228 g/mol. The molecule has 1 aromatic carbocycles. The summed E-state index contributed by atoms with van der Waals surface area (Å²) in [6.45, 7) is 4.05. The Morgan fingerprint density at radius 2 is 1.93 bits per heavy atom. The highest BCUT2D eigenvalue weighted by Crippen LogP contribution is 2.19. The fourth-order valence-corrected chi connectivity index (χ4v) is 2.60. The van der Waals surface area contributed by atoms with Crippen molar-refractivity contribution in [1.82, 2.24) is 4.31 Å². The van der Waals surface area contributed by atoms with E-state index in [-0.39, 0.29) is 4.90 Å². The molecule has 0 fully saturated rings. The molecule has 0 amide bonds. The first kappa shape index (κ1) is 12.0. The number of anilines is 1. The molecule has 4 nitrogen and oxygen atoms in total. The van der Waals surface area contributed by atoms with Crippen LogP contribution in [0.15, 0.2) is 23.1 Å². The second-order valence-electron chi connectivity index (χ2n) is 3.50. The van der Waals surface area contributed by atoms with Crippen LogP contribution >= 0.6 is 0 Å². The van der Waals surface area contributed by atoms with Gasteiger partial charge in [0.25, 0.3) is 0 Å². The maximum Gasteiger partial charge on any atom is 0.242 e. The molecule has 0 spiro atoms. The van der Waals surface area contributed by atoms with Crippen LogP contribution in [0.25, 0.3) is 0 Å². The SMILES string of the molecule is CCN(C)S(=O)(=O)c1cc(C)cc(N)c1. The van der Waals surface area contributed by atoms with Crippen molar-refractivity contribution in [2.45, 2.75) is 18.7 Å². The minimum absolute atomic E-state index is 0.254. The lowest BCUT2D eigenvalue weighted by molar-refractivity contribution is 0.486. The van der Waals surface area contributed by atoms with Gasteiger partial charge in [-0.25, -0.2) is 12.7 Å². The Balaban J connectivity index is 3.27. The van der Waals surface area contributed by atoms with E-state index >= 15 is 0 Å². The summed E-state index contributed by atoms with van der Waals surface area (Å²) in [5, 5.41) is 0. The van der Waals surface area contributed by atoms with Crippen LogP contribution in [-0.4, -0.2) is 26.3 Å². The van der Waals surface area contributed by atoms with Crippen molar-refractivity contribution in [1.29, 1.82) is 0 Å². The molecule has 0 aliphatic carbocycles. The Labute approximate surface area is 90.8 Å². The van der Waals surface area contributed by atoms with Crippen molar-refractivity contribution in [2.75, 3.05) is 19.3 Å². The van der Waals surface area contributed by atoms with Gasteiger partial charge in [0.1, 0.15) is 0 Å². The van der Waals surface area contributed by atoms with Gasteiger partial charge < -0.3 is 5.73 Å². The van der Waals surface area contributed by atoms with Gasteiger partial charge in [0, 0.05) is 19.3 Å². The van der Waals surface area contributed by atoms with Gasteiger partial charge in [-0.2, -0.15) is 0 Å². The highest BCUT2D eigenvalue weighted by Gasteiger charge is 2.19. The van der Waals surface area contributed by atoms with Crippen molar-refractivity contribution < 1.29 is 8.42 Å². The number of aryl methyl sites for hydroxylation is 1. The first-order chi connectivity index (χ1) is 6.87. The molecule has 0 aromatic heterocycles. The average Bonchev–Trinajstić information content (AvgIpc) is 2.15. The second-order valence-corrected chi connectivity index (χ2v) is 5.54. The predicted octanol–water partition coefficient (Wildman–Crippen LogP) is 1.22. The largest absolute Gasteiger partial charge is 0.399 e. The fourth-order valence-electron chi connectivity index (χ4n) is 1.28. The van der Waals surface area contributed by atoms with Crippen LogP contribution < -0.4 is 5.73 Å². The number of nitrogens with zero attached hydrogens (tertiary/aromatic N) is 1. The lowest BCUT2D eigenvalue weighted by Crippen LogP contribution is -2.26. The van der Waals surface area contributed by atoms with E-state index in [2.05, 4.69) is 0 Å². The van der Waals surface area contributed by atoms with Gasteiger partial charge in [0.2, 0.25) is 10.0 Å². The third-order valence-corrected chi connectivity index (χ3v) is 4.14. The summed E-state index contributed by atoms with van der Waals surface area (Å²) >= 11 is 0. The summed E-state index contributed by atoms with van der Waals surface area (Å²) in [5.41, 5.74) is 6.93. The molecule has 0 atom stereocenters. The van der Waals surface area contributed by atoms with E-state index in [0.717, 1.165) is 5.56 Å². The maximum atomic E-state index is 11.9. The quantitative estimate of drug-likeness (QED) is 0.791. The van der Waals surface area contributed by atoms with E-state index in [1.54, 1.807) is 26.1 Å². The van der Waals surface area contributed by atoms with Crippen molar-refractivity contribution in [3.05, 3.63) is 23.8 Å². The minimum Gasteiger partial charge on any atom is -0.399 e. The molecule has 0 aliphatic rings. The lowest BCUT2D eigenvalue weighted by Gasteiger charge is -2.15. The molecule has 15 heavy (non-hydrogen) atoms. The van der Waals surface area contributed by atoms with Crippen LogP contribution in [0.4, 0.5) is 5.69 Å². The monoisotopic (exact) mass is 228 g/mol. The van der Waals surface area contributed by atoms with Crippen LogP contribution in [0, 0.1) is 6.92 Å². The third kappa shape index (κ3) is 2.49. The highest BCUT2D eigenvalue weighted by molar-refractivity contribution is 7.89. The van der Waals surface area contributed by atoms with Crippen molar-refractivity contribution in [3.63, 3.8) is 0 Å². The van der Waals surface area contributed by atoms with Gasteiger partial charge in [0.15, 0.2) is 0 Å². The van der Waals surface area contributed by atoms with E-state index in [1.165, 1.54) is 10.4 Å². The molecule has 1 rings (SSSR count). The fraction of sp³-hybridized carbons (Fsp3) is 0.400. The zero-order valence-electron chi connectivity index (χ0n) is 9.19. The Hall–Kier alpha value is -1.07. The molecule has 0 heterocycles. The van der Waals surface area contributed by atoms with Gasteiger partial charge in [-0.1, -0.05) is 6.92 Å². The predicted molar refractivity (Wildman–Crippen MR) is 61.1 cm³/mol. The summed E-state index contributed by atoms with van der Waals surface area (Å²) < 4.78 is 25.2. The molecule has 0 saturated carbocycles. The second kappa shape index (κ2) is 4.20. The minimum atomic E-state index is -3.38. The van der Waals surface area contributed by atoms with E-state index in [4.69, 9.17) is 5.73 Å². The standard InChI is InChI=1S/C10H16N2O2S/c1-4-12(3)15(13,14)10-6-8(2)5-9(11)7-10/h5-7H,4,11H2,1-3H3. The Morgan fingerprint density at radius 1 is 1.33 bits per heavy atom. The van der Waals surface area contributed by atoms with E-state index in [9.17, 15) is 8.42 Å². The number of sulfonamides is 1. The zero-order valence-corrected chi connectivity index (χ0v) is 10.0. The van der Waals surface area contributed by atoms with Crippen LogP contribution in [-0.2, 0) is 10.0 Å². The van der Waals surface area contributed by atoms with Gasteiger partial charge in [-0.3, -0.25) is 0 Å². The van der Waals surface area contributed by atoms with E-state index < -0.39 is 10.0 Å². The molecular formula is C10H16N2O2S. The topological polar surface area (TPSA) is 63.4 Å². The number of hydrogen-bond donors (Lipinski definition) is 1. The summed E-state index contributed by atoms with van der Waals surface area (Å²) in [6, 6.07) is 4.84. The molecule has 5 heteroatoms. The van der Waals surface area contributed by atoms with E-state index in [1.807, 2.05) is 6.92 Å². The lowest BCUT2D eigenvalue weighted by atomic mass is 10.2. The van der Waals surface area contributed by atoms with Crippen molar-refractivity contribution >= 4 is 15.7 Å². The number of hydrogen-bond acceptors (Lipinski definition) is 3.